The summed E-state index contributed by atoms with van der Waals surface area (Å²) < 4.78 is 1.00. The maximum absolute atomic E-state index is 4.21. The van der Waals surface area contributed by atoms with Gasteiger partial charge < -0.3 is 4.98 Å². The summed E-state index contributed by atoms with van der Waals surface area (Å²) in [7, 11) is 0. The Labute approximate surface area is 114 Å². The van der Waals surface area contributed by atoms with Gasteiger partial charge in [0, 0.05) is 16.0 Å². The highest BCUT2D eigenvalue weighted by Crippen LogP contribution is 2.26. The van der Waals surface area contributed by atoms with Crippen LogP contribution in [0.5, 0.6) is 0 Å². The van der Waals surface area contributed by atoms with E-state index in [1.54, 1.807) is 18.7 Å². The molecule has 0 saturated heterocycles. The van der Waals surface area contributed by atoms with Crippen molar-refractivity contribution < 1.29 is 0 Å². The molecule has 6 nitrogen and oxygen atoms in total. The van der Waals surface area contributed by atoms with Gasteiger partial charge in [-0.05, 0) is 34.4 Å². The van der Waals surface area contributed by atoms with E-state index in [4.69, 9.17) is 0 Å². The van der Waals surface area contributed by atoms with E-state index in [1.165, 1.54) is 18.1 Å². The Morgan fingerprint density at radius 3 is 2.71 bits per heavy atom. The Morgan fingerprint density at radius 1 is 1.06 bits per heavy atom. The van der Waals surface area contributed by atoms with Crippen LogP contribution < -0.4 is 0 Å². The molecule has 17 heavy (non-hydrogen) atoms. The molecule has 0 aliphatic heterocycles. The number of nitrogens with zero attached hydrogens (tertiary/aromatic N) is 5. The second-order valence-electron chi connectivity index (χ2n) is 3.07. The highest BCUT2D eigenvalue weighted by Gasteiger charge is 2.08. The largest absolute Gasteiger partial charge is 0.341 e. The first kappa shape index (κ1) is 10.8. The molecule has 0 atom stereocenters. The fourth-order valence-corrected chi connectivity index (χ4v) is 2.27. The number of H-pyrrole nitrogens is 1. The summed E-state index contributed by atoms with van der Waals surface area (Å²) in [5, 5.41) is 1.42. The minimum atomic E-state index is 0.646. The van der Waals surface area contributed by atoms with E-state index >= 15 is 0 Å². The van der Waals surface area contributed by atoms with Gasteiger partial charge in [0.05, 0.1) is 6.33 Å². The first-order valence-corrected chi connectivity index (χ1v) is 6.52. The summed E-state index contributed by atoms with van der Waals surface area (Å²) in [4.78, 5) is 23.8. The van der Waals surface area contributed by atoms with Gasteiger partial charge >= 0.3 is 0 Å². The van der Waals surface area contributed by atoms with Crippen LogP contribution in [0, 0.1) is 3.57 Å². The maximum atomic E-state index is 4.21. The minimum Gasteiger partial charge on any atom is -0.341 e. The lowest BCUT2D eigenvalue weighted by Crippen LogP contribution is -1.90. The Hall–Kier alpha value is -1.29. The number of nitrogens with one attached hydrogen (secondary N) is 1. The predicted molar refractivity (Wildman–Crippen MR) is 70.6 cm³/mol. The smallest absolute Gasteiger partial charge is 0.193 e. The average Bonchev–Trinajstić information content (AvgIpc) is 2.81. The van der Waals surface area contributed by atoms with Crippen molar-refractivity contribution in [1.29, 1.82) is 0 Å². The van der Waals surface area contributed by atoms with Crippen LogP contribution in [0.1, 0.15) is 0 Å². The van der Waals surface area contributed by atoms with Crippen molar-refractivity contribution >= 4 is 45.5 Å². The second kappa shape index (κ2) is 4.53. The van der Waals surface area contributed by atoms with E-state index < -0.39 is 0 Å². The van der Waals surface area contributed by atoms with Gasteiger partial charge in [-0.3, -0.25) is 0 Å². The van der Waals surface area contributed by atoms with Gasteiger partial charge in [0.25, 0.3) is 0 Å². The van der Waals surface area contributed by atoms with Crippen LogP contribution in [0.4, 0.5) is 0 Å². The van der Waals surface area contributed by atoms with Gasteiger partial charge in [0.2, 0.25) is 0 Å². The Kier molecular flexibility index (Phi) is 2.89. The molecule has 0 unspecified atom stereocenters. The quantitative estimate of drug-likeness (QED) is 0.429. The van der Waals surface area contributed by atoms with Gasteiger partial charge in [-0.15, -0.1) is 0 Å². The zero-order valence-electron chi connectivity index (χ0n) is 8.33. The Bertz CT molecular complexity index is 652. The topological polar surface area (TPSA) is 80.2 Å². The van der Waals surface area contributed by atoms with E-state index in [1.807, 2.05) is 0 Å². The number of imidazole rings is 1. The number of halogens is 1. The first-order valence-electron chi connectivity index (χ1n) is 4.62. The fraction of sp³-hybridized carbons (Fsp3) is 0. The van der Waals surface area contributed by atoms with Crippen molar-refractivity contribution in [3.05, 3.63) is 28.6 Å². The SMILES string of the molecule is Ic1cnc(Sc2ncnc3nc[nH]c23)nc1. The third-order valence-corrected chi connectivity index (χ3v) is 3.43. The van der Waals surface area contributed by atoms with Crippen LogP contribution in [0.3, 0.4) is 0 Å². The lowest BCUT2D eigenvalue weighted by atomic mass is 10.6. The van der Waals surface area contributed by atoms with E-state index in [-0.39, 0.29) is 0 Å². The van der Waals surface area contributed by atoms with Crippen LogP contribution >= 0.6 is 34.4 Å². The van der Waals surface area contributed by atoms with Crippen LogP contribution in [-0.4, -0.2) is 29.9 Å². The number of aromatic nitrogens is 6. The van der Waals surface area contributed by atoms with E-state index in [0.717, 1.165) is 14.1 Å². The molecule has 8 heteroatoms. The molecular formula is C9H5IN6S. The molecule has 0 aromatic carbocycles. The number of rotatable bonds is 2. The van der Waals surface area contributed by atoms with E-state index in [0.29, 0.717) is 10.8 Å². The van der Waals surface area contributed by atoms with Crippen LogP contribution in [0.2, 0.25) is 0 Å². The molecule has 3 heterocycles. The summed E-state index contributed by atoms with van der Waals surface area (Å²) in [6, 6.07) is 0. The van der Waals surface area contributed by atoms with Crippen molar-refractivity contribution in [2.45, 2.75) is 10.2 Å². The molecule has 0 spiro atoms. The van der Waals surface area contributed by atoms with Crippen molar-refractivity contribution in [3.8, 4) is 0 Å². The lowest BCUT2D eigenvalue weighted by Gasteiger charge is -1.99. The van der Waals surface area contributed by atoms with Crippen LogP contribution in [0.15, 0.2) is 35.2 Å². The molecule has 0 aliphatic carbocycles. The molecule has 0 fully saturated rings. The first-order chi connectivity index (χ1) is 8.33. The number of hydrogen-bond donors (Lipinski definition) is 1. The molecule has 3 rings (SSSR count). The highest BCUT2D eigenvalue weighted by molar-refractivity contribution is 14.1. The number of fused-ring (bicyclic) bond motifs is 1. The molecular weight excluding hydrogens is 351 g/mol. The standard InChI is InChI=1S/C9H5IN6S/c10-5-1-11-9(12-2-5)17-8-6-7(14-3-13-6)15-4-16-8/h1-4H,(H,13,14,15,16). The maximum Gasteiger partial charge on any atom is 0.193 e. The summed E-state index contributed by atoms with van der Waals surface area (Å²) in [6.07, 6.45) is 6.61. The molecule has 0 saturated carbocycles. The molecule has 0 amide bonds. The van der Waals surface area contributed by atoms with Crippen molar-refractivity contribution in [1.82, 2.24) is 29.9 Å². The van der Waals surface area contributed by atoms with Crippen molar-refractivity contribution in [2.75, 3.05) is 0 Å². The summed E-state index contributed by atoms with van der Waals surface area (Å²) >= 11 is 3.55. The zero-order chi connectivity index (χ0) is 11.7. The van der Waals surface area contributed by atoms with E-state index in [9.17, 15) is 0 Å². The van der Waals surface area contributed by atoms with Gasteiger partial charge in [0.1, 0.15) is 16.9 Å². The Morgan fingerprint density at radius 2 is 1.88 bits per heavy atom. The molecule has 0 radical (unpaired) electrons. The van der Waals surface area contributed by atoms with E-state index in [2.05, 4.69) is 52.5 Å². The van der Waals surface area contributed by atoms with Gasteiger partial charge in [-0.25, -0.2) is 24.9 Å². The number of hydrogen-bond acceptors (Lipinski definition) is 6. The molecule has 84 valence electrons. The molecule has 0 aliphatic rings. The molecule has 3 aromatic rings. The van der Waals surface area contributed by atoms with Gasteiger partial charge in [-0.2, -0.15) is 0 Å². The molecule has 1 N–H and O–H groups in total. The summed E-state index contributed by atoms with van der Waals surface area (Å²) in [5.74, 6) is 0. The number of aromatic amines is 1. The van der Waals surface area contributed by atoms with Crippen molar-refractivity contribution in [3.63, 3.8) is 0 Å². The Balaban J connectivity index is 1.99. The fourth-order valence-electron chi connectivity index (χ4n) is 1.26. The minimum absolute atomic E-state index is 0.646. The second-order valence-corrected chi connectivity index (χ2v) is 5.27. The average molecular weight is 356 g/mol. The third kappa shape index (κ3) is 2.22. The van der Waals surface area contributed by atoms with Gasteiger partial charge in [-0.1, -0.05) is 0 Å². The van der Waals surface area contributed by atoms with Crippen molar-refractivity contribution in [2.24, 2.45) is 0 Å². The zero-order valence-corrected chi connectivity index (χ0v) is 11.3. The monoisotopic (exact) mass is 356 g/mol. The highest BCUT2D eigenvalue weighted by atomic mass is 127. The summed E-state index contributed by atoms with van der Waals surface area (Å²) in [5.41, 5.74) is 1.45. The van der Waals surface area contributed by atoms with Crippen LogP contribution in [-0.2, 0) is 0 Å². The normalized spacial score (nSPS) is 10.9. The van der Waals surface area contributed by atoms with Crippen LogP contribution in [0.25, 0.3) is 11.2 Å². The molecule has 3 aromatic heterocycles. The summed E-state index contributed by atoms with van der Waals surface area (Å²) in [6.45, 7) is 0. The van der Waals surface area contributed by atoms with Gasteiger partial charge in [0.15, 0.2) is 10.8 Å². The molecule has 0 bridgehead atoms. The lowest BCUT2D eigenvalue weighted by molar-refractivity contribution is 0.951. The predicted octanol–water partition coefficient (Wildman–Crippen LogP) is 1.90. The third-order valence-electron chi connectivity index (χ3n) is 1.97.